The Kier molecular flexibility index (Phi) is 4.85. The fourth-order valence-electron chi connectivity index (χ4n) is 1.52. The van der Waals surface area contributed by atoms with Crippen LogP contribution < -0.4 is 5.32 Å². The van der Waals surface area contributed by atoms with E-state index >= 15 is 0 Å². The molecule has 0 saturated carbocycles. The molecule has 12 heavy (non-hydrogen) atoms. The molecule has 1 aliphatic rings. The highest BCUT2D eigenvalue weighted by atomic mass is 15.1. The highest BCUT2D eigenvalue weighted by Crippen LogP contribution is 2.08. The third kappa shape index (κ3) is 3.77. The van der Waals surface area contributed by atoms with Crippen molar-refractivity contribution in [2.24, 2.45) is 0 Å². The monoisotopic (exact) mass is 168 g/mol. The zero-order valence-electron chi connectivity index (χ0n) is 8.05. The van der Waals surface area contributed by atoms with Crippen molar-refractivity contribution in [1.29, 1.82) is 0 Å². The van der Waals surface area contributed by atoms with Crippen LogP contribution in [0.3, 0.4) is 0 Å². The summed E-state index contributed by atoms with van der Waals surface area (Å²) in [6, 6.07) is 0. The second kappa shape index (κ2) is 6.06. The van der Waals surface area contributed by atoms with Gasteiger partial charge in [-0.2, -0.15) is 0 Å². The molecule has 1 rings (SSSR count). The Hall–Kier alpha value is -0.500. The van der Waals surface area contributed by atoms with Crippen molar-refractivity contribution < 1.29 is 0 Å². The fourth-order valence-corrected chi connectivity index (χ4v) is 1.52. The third-order valence-electron chi connectivity index (χ3n) is 2.27. The predicted molar refractivity (Wildman–Crippen MR) is 53.1 cm³/mol. The molecule has 0 aliphatic carbocycles. The van der Waals surface area contributed by atoms with Gasteiger partial charge in [-0.1, -0.05) is 6.08 Å². The number of nitrogens with one attached hydrogen (secondary N) is 1. The van der Waals surface area contributed by atoms with Crippen LogP contribution in [0.2, 0.25) is 0 Å². The van der Waals surface area contributed by atoms with E-state index in [2.05, 4.69) is 22.5 Å². The van der Waals surface area contributed by atoms with Crippen LogP contribution in [0.5, 0.6) is 0 Å². The van der Waals surface area contributed by atoms with Gasteiger partial charge in [-0.3, -0.25) is 0 Å². The van der Waals surface area contributed by atoms with Gasteiger partial charge in [0.25, 0.3) is 0 Å². The fraction of sp³-hybridized carbons (Fsp3) is 0.800. The van der Waals surface area contributed by atoms with Crippen LogP contribution in [-0.2, 0) is 0 Å². The maximum atomic E-state index is 3.14. The van der Waals surface area contributed by atoms with Gasteiger partial charge in [-0.25, -0.2) is 0 Å². The van der Waals surface area contributed by atoms with Gasteiger partial charge >= 0.3 is 0 Å². The minimum Gasteiger partial charge on any atom is -0.378 e. The molecule has 70 valence electrons. The SMILES string of the molecule is CNCC/C=C/N1CCCCC1. The van der Waals surface area contributed by atoms with Crippen molar-refractivity contribution in [3.8, 4) is 0 Å². The molecule has 1 N–H and O–H groups in total. The molecule has 0 aromatic rings. The average Bonchev–Trinajstić information content (AvgIpc) is 2.14. The van der Waals surface area contributed by atoms with Gasteiger partial charge in [0.2, 0.25) is 0 Å². The second-order valence-electron chi connectivity index (χ2n) is 3.37. The van der Waals surface area contributed by atoms with Gasteiger partial charge in [0.15, 0.2) is 0 Å². The lowest BCUT2D eigenvalue weighted by molar-refractivity contribution is 0.308. The van der Waals surface area contributed by atoms with Crippen LogP contribution >= 0.6 is 0 Å². The number of nitrogens with zero attached hydrogens (tertiary/aromatic N) is 1. The maximum Gasteiger partial charge on any atom is 0.0172 e. The van der Waals surface area contributed by atoms with Crippen molar-refractivity contribution in [2.45, 2.75) is 25.7 Å². The van der Waals surface area contributed by atoms with Crippen molar-refractivity contribution in [3.63, 3.8) is 0 Å². The van der Waals surface area contributed by atoms with Crippen LogP contribution in [0, 0.1) is 0 Å². The van der Waals surface area contributed by atoms with Crippen molar-refractivity contribution in [1.82, 2.24) is 10.2 Å². The summed E-state index contributed by atoms with van der Waals surface area (Å²) in [6.45, 7) is 3.61. The Balaban J connectivity index is 2.07. The Morgan fingerprint density at radius 2 is 2.00 bits per heavy atom. The number of piperidine rings is 1. The summed E-state index contributed by atoms with van der Waals surface area (Å²) in [4.78, 5) is 2.43. The van der Waals surface area contributed by atoms with E-state index in [1.165, 1.54) is 32.4 Å². The van der Waals surface area contributed by atoms with Gasteiger partial charge in [0.1, 0.15) is 0 Å². The maximum absolute atomic E-state index is 3.14. The van der Waals surface area contributed by atoms with Gasteiger partial charge in [-0.05, 0) is 45.5 Å². The Morgan fingerprint density at radius 1 is 1.25 bits per heavy atom. The van der Waals surface area contributed by atoms with E-state index in [1.54, 1.807) is 0 Å². The summed E-state index contributed by atoms with van der Waals surface area (Å²) in [5.74, 6) is 0. The largest absolute Gasteiger partial charge is 0.378 e. The van der Waals surface area contributed by atoms with Crippen LogP contribution in [0.4, 0.5) is 0 Å². The molecule has 0 radical (unpaired) electrons. The molecule has 0 bridgehead atoms. The van der Waals surface area contributed by atoms with E-state index in [-0.39, 0.29) is 0 Å². The lowest BCUT2D eigenvalue weighted by Crippen LogP contribution is -2.24. The van der Waals surface area contributed by atoms with Crippen LogP contribution in [0.15, 0.2) is 12.3 Å². The molecule has 1 fully saturated rings. The van der Waals surface area contributed by atoms with E-state index in [1.807, 2.05) is 7.05 Å². The highest BCUT2D eigenvalue weighted by Gasteiger charge is 2.04. The Bertz CT molecular complexity index is 126. The van der Waals surface area contributed by atoms with E-state index in [9.17, 15) is 0 Å². The molecule has 0 unspecified atom stereocenters. The van der Waals surface area contributed by atoms with Gasteiger partial charge in [0, 0.05) is 13.1 Å². The molecule has 1 heterocycles. The first kappa shape index (κ1) is 9.59. The zero-order valence-corrected chi connectivity index (χ0v) is 8.05. The molecule has 2 nitrogen and oxygen atoms in total. The molecule has 0 aromatic carbocycles. The standard InChI is InChI=1S/C10H20N2/c1-11-7-3-6-10-12-8-4-2-5-9-12/h6,10-11H,2-5,7-9H2,1H3/b10-6+. The van der Waals surface area contributed by atoms with Crippen LogP contribution in [0.1, 0.15) is 25.7 Å². The smallest absolute Gasteiger partial charge is 0.0172 e. The Morgan fingerprint density at radius 3 is 2.67 bits per heavy atom. The van der Waals surface area contributed by atoms with Gasteiger partial charge in [0.05, 0.1) is 0 Å². The number of rotatable bonds is 4. The molecule has 1 saturated heterocycles. The third-order valence-corrected chi connectivity index (χ3v) is 2.27. The van der Waals surface area contributed by atoms with E-state index in [4.69, 9.17) is 0 Å². The Labute approximate surface area is 75.6 Å². The lowest BCUT2D eigenvalue weighted by atomic mass is 10.1. The first-order valence-corrected chi connectivity index (χ1v) is 4.99. The summed E-state index contributed by atoms with van der Waals surface area (Å²) in [5.41, 5.74) is 0. The van der Waals surface area contributed by atoms with Crippen molar-refractivity contribution >= 4 is 0 Å². The number of likely N-dealkylation sites (tertiary alicyclic amines) is 1. The summed E-state index contributed by atoms with van der Waals surface area (Å²) in [6.07, 6.45) is 9.83. The summed E-state index contributed by atoms with van der Waals surface area (Å²) < 4.78 is 0. The van der Waals surface area contributed by atoms with Crippen LogP contribution in [0.25, 0.3) is 0 Å². The summed E-state index contributed by atoms with van der Waals surface area (Å²) >= 11 is 0. The van der Waals surface area contributed by atoms with E-state index in [0.29, 0.717) is 0 Å². The zero-order chi connectivity index (χ0) is 8.65. The first-order chi connectivity index (χ1) is 5.93. The average molecular weight is 168 g/mol. The minimum atomic E-state index is 1.09. The predicted octanol–water partition coefficient (Wildman–Crippen LogP) is 1.60. The van der Waals surface area contributed by atoms with Crippen LogP contribution in [-0.4, -0.2) is 31.6 Å². The topological polar surface area (TPSA) is 15.3 Å². The molecule has 0 atom stereocenters. The molecule has 2 heteroatoms. The van der Waals surface area contributed by atoms with Gasteiger partial charge < -0.3 is 10.2 Å². The normalized spacial score (nSPS) is 18.9. The van der Waals surface area contributed by atoms with Crippen molar-refractivity contribution in [2.75, 3.05) is 26.7 Å². The number of hydrogen-bond acceptors (Lipinski definition) is 2. The van der Waals surface area contributed by atoms with Crippen molar-refractivity contribution in [3.05, 3.63) is 12.3 Å². The quantitative estimate of drug-likeness (QED) is 0.641. The molecule has 1 aliphatic heterocycles. The second-order valence-corrected chi connectivity index (χ2v) is 3.37. The molecule has 0 spiro atoms. The molecule has 0 aromatic heterocycles. The lowest BCUT2D eigenvalue weighted by Gasteiger charge is -2.24. The van der Waals surface area contributed by atoms with E-state index in [0.717, 1.165) is 13.0 Å². The number of hydrogen-bond donors (Lipinski definition) is 1. The molecule has 0 amide bonds. The summed E-state index contributed by atoms with van der Waals surface area (Å²) in [5, 5.41) is 3.14. The highest BCUT2D eigenvalue weighted by molar-refractivity contribution is 4.84. The van der Waals surface area contributed by atoms with Gasteiger partial charge in [-0.15, -0.1) is 0 Å². The molecular weight excluding hydrogens is 148 g/mol. The van der Waals surface area contributed by atoms with E-state index < -0.39 is 0 Å². The first-order valence-electron chi connectivity index (χ1n) is 4.99. The summed E-state index contributed by atoms with van der Waals surface area (Å²) in [7, 11) is 1.99. The molecular formula is C10H20N2. The minimum absolute atomic E-state index is 1.09.